The first-order valence-electron chi connectivity index (χ1n) is 11.8. The molecule has 3 N–H and O–H groups in total. The van der Waals surface area contributed by atoms with Gasteiger partial charge >= 0.3 is 0 Å². The van der Waals surface area contributed by atoms with Gasteiger partial charge in [0.2, 0.25) is 5.88 Å². The number of aryl methyl sites for hydroxylation is 1. The van der Waals surface area contributed by atoms with Gasteiger partial charge in [0.05, 0.1) is 17.3 Å². The summed E-state index contributed by atoms with van der Waals surface area (Å²) in [6.07, 6.45) is 8.39. The molecule has 0 saturated heterocycles. The molecular formula is C28H32F2N2O4. The number of nitrogens with zero attached hydrogens (tertiary/aromatic N) is 1. The smallest absolute Gasteiger partial charge is 0.252 e. The van der Waals surface area contributed by atoms with Gasteiger partial charge in [0.25, 0.3) is 5.91 Å². The van der Waals surface area contributed by atoms with E-state index in [4.69, 9.17) is 15.6 Å². The minimum atomic E-state index is -0.619. The van der Waals surface area contributed by atoms with E-state index in [1.54, 1.807) is 6.07 Å². The van der Waals surface area contributed by atoms with Gasteiger partial charge in [0, 0.05) is 0 Å². The lowest BCUT2D eigenvalue weighted by molar-refractivity contribution is 0.0993. The van der Waals surface area contributed by atoms with Crippen LogP contribution in [0, 0.1) is 24.5 Å². The number of ketones is 1. The van der Waals surface area contributed by atoms with Crippen LogP contribution in [0.2, 0.25) is 0 Å². The molecule has 1 heterocycles. The number of benzene rings is 2. The summed E-state index contributed by atoms with van der Waals surface area (Å²) in [5.74, 6) is -0.700. The highest BCUT2D eigenvalue weighted by molar-refractivity contribution is 5.96. The molecule has 36 heavy (non-hydrogen) atoms. The van der Waals surface area contributed by atoms with Crippen LogP contribution in [0.4, 0.5) is 8.78 Å². The lowest BCUT2D eigenvalue weighted by Gasteiger charge is -2.15. The average Bonchev–Trinajstić information content (AvgIpc) is 2.82. The van der Waals surface area contributed by atoms with Crippen LogP contribution in [-0.2, 0) is 0 Å². The Kier molecular flexibility index (Phi) is 11.0. The van der Waals surface area contributed by atoms with Crippen molar-refractivity contribution in [3.63, 3.8) is 0 Å². The number of rotatable bonds is 4. The monoisotopic (exact) mass is 498 g/mol. The largest absolute Gasteiger partial charge is 0.507 e. The van der Waals surface area contributed by atoms with Crippen LogP contribution in [0.15, 0.2) is 54.7 Å². The summed E-state index contributed by atoms with van der Waals surface area (Å²) in [6.45, 7) is 5.47. The summed E-state index contributed by atoms with van der Waals surface area (Å²) in [4.78, 5) is 25.6. The van der Waals surface area contributed by atoms with E-state index in [1.807, 2.05) is 6.92 Å². The molecule has 6 nitrogen and oxygen atoms in total. The molecular weight excluding hydrogens is 466 g/mol. The fraction of sp³-hybridized carbons (Fsp3) is 0.321. The predicted octanol–water partition coefficient (Wildman–Crippen LogP) is 6.74. The van der Waals surface area contributed by atoms with Crippen LogP contribution in [0.25, 0.3) is 0 Å². The Balaban J connectivity index is 0.000000214. The fourth-order valence-electron chi connectivity index (χ4n) is 3.53. The van der Waals surface area contributed by atoms with Crippen molar-refractivity contribution in [1.29, 1.82) is 0 Å². The summed E-state index contributed by atoms with van der Waals surface area (Å²) in [5.41, 5.74) is 6.07. The number of pyridine rings is 1. The summed E-state index contributed by atoms with van der Waals surface area (Å²) in [6, 6.07) is 11.0. The normalized spacial score (nSPS) is 12.9. The van der Waals surface area contributed by atoms with Gasteiger partial charge in [-0.3, -0.25) is 9.59 Å². The first-order chi connectivity index (χ1) is 17.1. The molecule has 4 rings (SSSR count). The van der Waals surface area contributed by atoms with Gasteiger partial charge in [-0.05, 0) is 67.8 Å². The van der Waals surface area contributed by atoms with Crippen molar-refractivity contribution in [2.75, 3.05) is 0 Å². The molecule has 192 valence electrons. The van der Waals surface area contributed by atoms with Crippen LogP contribution in [0.5, 0.6) is 17.4 Å². The van der Waals surface area contributed by atoms with E-state index in [0.29, 0.717) is 5.75 Å². The highest BCUT2D eigenvalue weighted by atomic mass is 19.1. The van der Waals surface area contributed by atoms with Crippen LogP contribution in [0.1, 0.15) is 72.2 Å². The van der Waals surface area contributed by atoms with Gasteiger partial charge in [0.1, 0.15) is 23.1 Å². The molecule has 1 fully saturated rings. The molecule has 1 aromatic heterocycles. The van der Waals surface area contributed by atoms with Crippen molar-refractivity contribution in [3.05, 3.63) is 83.1 Å². The number of Topliss-reactive ketones (excluding diaryl/α,β-unsaturated/α-hetero) is 1. The number of aromatic nitrogens is 1. The van der Waals surface area contributed by atoms with Crippen molar-refractivity contribution in [3.8, 4) is 17.4 Å². The van der Waals surface area contributed by atoms with E-state index in [2.05, 4.69) is 11.9 Å². The highest BCUT2D eigenvalue weighted by Crippen LogP contribution is 2.24. The third kappa shape index (κ3) is 9.44. The Hall–Kier alpha value is -3.81. The summed E-state index contributed by atoms with van der Waals surface area (Å²) < 4.78 is 31.0. The molecule has 0 atom stereocenters. The number of hydrogen-bond donors (Lipinski definition) is 2. The van der Waals surface area contributed by atoms with Crippen LogP contribution in [0.3, 0.4) is 0 Å². The molecule has 0 bridgehead atoms. The van der Waals surface area contributed by atoms with Crippen LogP contribution in [-0.4, -0.2) is 21.8 Å². The number of carbonyl (C=O) groups excluding carboxylic acids is 2. The number of amides is 1. The van der Waals surface area contributed by atoms with Gasteiger partial charge in [-0.25, -0.2) is 13.8 Å². The number of primary amides is 1. The second-order valence-electron chi connectivity index (χ2n) is 8.75. The maximum absolute atomic E-state index is 13.0. The highest BCUT2D eigenvalue weighted by Gasteiger charge is 2.12. The third-order valence-corrected chi connectivity index (χ3v) is 5.54. The summed E-state index contributed by atoms with van der Waals surface area (Å²) in [5, 5.41) is 9.16. The summed E-state index contributed by atoms with van der Waals surface area (Å²) >= 11 is 0. The Morgan fingerprint density at radius 2 is 1.61 bits per heavy atom. The van der Waals surface area contributed by atoms with Gasteiger partial charge < -0.3 is 15.6 Å². The van der Waals surface area contributed by atoms with E-state index in [0.717, 1.165) is 23.7 Å². The standard InChI is InChI=1S/C13H9F2NO2.C8H9NO2.C7H14/c1-8(17)12-6-10(15)7-16-13(12)18-11-4-2-9(14)3-5-11;1-5-2-3-6(8(9)11)7(10)4-5;1-7-5-3-2-4-6-7/h2-7H,1H3;2-4,10H,1H3,(H2,9,11);7H,2-6H2,1H3. The predicted molar refractivity (Wildman–Crippen MR) is 134 cm³/mol. The van der Waals surface area contributed by atoms with Gasteiger partial charge in [-0.15, -0.1) is 0 Å². The number of carbonyl (C=O) groups is 2. The van der Waals surface area contributed by atoms with Crippen LogP contribution < -0.4 is 10.5 Å². The second kappa shape index (κ2) is 13.9. The van der Waals surface area contributed by atoms with E-state index < -0.39 is 17.5 Å². The number of halogens is 2. The first kappa shape index (κ1) is 28.4. The zero-order valence-electron chi connectivity index (χ0n) is 20.8. The molecule has 0 radical (unpaired) electrons. The average molecular weight is 499 g/mol. The maximum atomic E-state index is 13.0. The molecule has 8 heteroatoms. The SMILES string of the molecule is CC(=O)c1cc(F)cnc1Oc1ccc(F)cc1.CC1CCCCC1.Cc1ccc(C(N)=O)c(O)c1. The van der Waals surface area contributed by atoms with Gasteiger partial charge in [-0.1, -0.05) is 45.1 Å². The lowest BCUT2D eigenvalue weighted by atomic mass is 9.91. The zero-order chi connectivity index (χ0) is 26.7. The minimum Gasteiger partial charge on any atom is -0.507 e. The molecule has 0 spiro atoms. The van der Waals surface area contributed by atoms with E-state index in [9.17, 15) is 18.4 Å². The molecule has 3 aromatic rings. The number of aromatic hydroxyl groups is 1. The number of hydrogen-bond acceptors (Lipinski definition) is 5. The van der Waals surface area contributed by atoms with Gasteiger partial charge in [0.15, 0.2) is 5.78 Å². The van der Waals surface area contributed by atoms with Crippen molar-refractivity contribution < 1.29 is 28.2 Å². The van der Waals surface area contributed by atoms with E-state index >= 15 is 0 Å². The Labute approximate surface area is 210 Å². The van der Waals surface area contributed by atoms with Gasteiger partial charge in [-0.2, -0.15) is 0 Å². The number of phenols is 1. The molecule has 1 saturated carbocycles. The minimum absolute atomic E-state index is 0.00416. The molecule has 1 amide bonds. The quantitative estimate of drug-likeness (QED) is 0.388. The molecule has 0 unspecified atom stereocenters. The number of nitrogens with two attached hydrogens (primary N) is 1. The van der Waals surface area contributed by atoms with Crippen LogP contribution >= 0.6 is 0 Å². The topological polar surface area (TPSA) is 103 Å². The van der Waals surface area contributed by atoms with Crippen molar-refractivity contribution >= 4 is 11.7 Å². The lowest BCUT2D eigenvalue weighted by Crippen LogP contribution is -2.10. The van der Waals surface area contributed by atoms with E-state index in [-0.39, 0.29) is 28.5 Å². The van der Waals surface area contributed by atoms with Crippen molar-refractivity contribution in [2.45, 2.75) is 52.9 Å². The Bertz CT molecular complexity index is 1160. The summed E-state index contributed by atoms with van der Waals surface area (Å²) in [7, 11) is 0. The van der Waals surface area contributed by atoms with E-state index in [1.165, 1.54) is 75.4 Å². The molecule has 1 aliphatic rings. The molecule has 2 aromatic carbocycles. The zero-order valence-corrected chi connectivity index (χ0v) is 20.8. The first-order valence-corrected chi connectivity index (χ1v) is 11.8. The molecule has 1 aliphatic carbocycles. The molecule has 0 aliphatic heterocycles. The second-order valence-corrected chi connectivity index (χ2v) is 8.75. The third-order valence-electron chi connectivity index (χ3n) is 5.54. The fourth-order valence-corrected chi connectivity index (χ4v) is 3.53. The number of ether oxygens (including phenoxy) is 1. The Morgan fingerprint density at radius 1 is 0.972 bits per heavy atom. The van der Waals surface area contributed by atoms with Crippen molar-refractivity contribution in [1.82, 2.24) is 4.98 Å². The van der Waals surface area contributed by atoms with Crippen molar-refractivity contribution in [2.24, 2.45) is 11.7 Å². The maximum Gasteiger partial charge on any atom is 0.252 e. The Morgan fingerprint density at radius 3 is 2.11 bits per heavy atom.